The molecule has 1 N–H and O–H groups in total. The minimum Gasteiger partial charge on any atom is -0.505 e. The van der Waals surface area contributed by atoms with Crippen molar-refractivity contribution in [3.63, 3.8) is 0 Å². The molecule has 5 rings (SSSR count). The van der Waals surface area contributed by atoms with Crippen LogP contribution in [0.2, 0.25) is 0 Å². The van der Waals surface area contributed by atoms with E-state index in [-0.39, 0.29) is 11.7 Å². The maximum atomic E-state index is 13.3. The van der Waals surface area contributed by atoms with Gasteiger partial charge in [-0.15, -0.1) is 11.3 Å². The number of benzene rings is 2. The van der Waals surface area contributed by atoms with Crippen molar-refractivity contribution in [3.05, 3.63) is 61.3 Å². The summed E-state index contributed by atoms with van der Waals surface area (Å²) in [7, 11) is 0. The first-order valence-electron chi connectivity index (χ1n) is 12.9. The topological polar surface area (TPSA) is 75.1 Å². The van der Waals surface area contributed by atoms with E-state index in [9.17, 15) is 9.90 Å². The number of nitrogens with zero attached hydrogens (tertiary/aromatic N) is 3. The van der Waals surface area contributed by atoms with Crippen LogP contribution in [-0.2, 0) is 11.2 Å². The molecule has 2 aliphatic rings. The summed E-state index contributed by atoms with van der Waals surface area (Å²) < 4.78 is 12.6. The lowest BCUT2D eigenvalue weighted by molar-refractivity contribution is 0.0322. The van der Waals surface area contributed by atoms with Crippen LogP contribution in [0.15, 0.2) is 50.7 Å². The van der Waals surface area contributed by atoms with Gasteiger partial charge in [-0.25, -0.2) is 4.98 Å². The molecule has 0 atom stereocenters. The van der Waals surface area contributed by atoms with Crippen LogP contribution in [0.4, 0.5) is 0 Å². The highest BCUT2D eigenvalue weighted by atomic mass is 79.9. The number of hydrogen-bond donors (Lipinski definition) is 1. The monoisotopic (exact) mass is 663 g/mol. The number of morpholine rings is 1. The number of likely N-dealkylation sites (tertiary alicyclic amines) is 1. The Balaban J connectivity index is 1.25. The molecule has 0 bridgehead atoms. The van der Waals surface area contributed by atoms with E-state index in [1.807, 2.05) is 16.3 Å². The lowest BCUT2D eigenvalue weighted by atomic mass is 9.90. The minimum atomic E-state index is -0.0221. The van der Waals surface area contributed by atoms with Gasteiger partial charge in [-0.2, -0.15) is 0 Å². The van der Waals surface area contributed by atoms with E-state index in [1.165, 1.54) is 16.9 Å². The molecule has 0 saturated carbocycles. The largest absolute Gasteiger partial charge is 0.505 e. The quantitative estimate of drug-likeness (QED) is 0.326. The number of aromatic hydroxyl groups is 1. The summed E-state index contributed by atoms with van der Waals surface area (Å²) in [6.45, 7) is 5.93. The first-order valence-corrected chi connectivity index (χ1v) is 15.4. The fourth-order valence-electron chi connectivity index (χ4n) is 4.94. The van der Waals surface area contributed by atoms with Gasteiger partial charge in [-0.05, 0) is 68.7 Å². The number of carbonyl (C=O) groups is 1. The molecule has 10 heteroatoms. The van der Waals surface area contributed by atoms with Crippen molar-refractivity contribution in [2.45, 2.75) is 19.3 Å². The molecule has 1 aromatic heterocycles. The van der Waals surface area contributed by atoms with Gasteiger partial charge < -0.3 is 19.5 Å². The second-order valence-electron chi connectivity index (χ2n) is 9.66. The molecule has 0 spiro atoms. The molecule has 2 fully saturated rings. The average Bonchev–Trinajstić information content (AvgIpc) is 3.44. The van der Waals surface area contributed by atoms with E-state index in [4.69, 9.17) is 14.5 Å². The Labute approximate surface area is 244 Å². The van der Waals surface area contributed by atoms with Crippen LogP contribution in [-0.4, -0.2) is 78.3 Å². The Bertz CT molecular complexity index is 1240. The SMILES string of the molecule is O=C(c1nc(-c2cc(Br)c(O)c(Br)c2OCCN2CCOCC2)cs1)N1CCC(Cc2ccccc2)CC1. The highest BCUT2D eigenvalue weighted by Gasteiger charge is 2.27. The number of rotatable bonds is 8. The summed E-state index contributed by atoms with van der Waals surface area (Å²) in [4.78, 5) is 22.2. The van der Waals surface area contributed by atoms with E-state index in [2.05, 4.69) is 61.0 Å². The van der Waals surface area contributed by atoms with Crippen LogP contribution in [0, 0.1) is 5.92 Å². The standard InChI is InChI=1S/C28H31Br2N3O4S/c29-22-17-21(26(24(30)25(22)34)37-15-12-32-10-13-36-14-11-32)23-18-38-27(31-23)28(35)33-8-6-20(7-9-33)16-19-4-2-1-3-5-19/h1-5,17-18,20,34H,6-16H2. The van der Waals surface area contributed by atoms with Gasteiger partial charge in [0, 0.05) is 43.7 Å². The van der Waals surface area contributed by atoms with Crippen molar-refractivity contribution >= 4 is 49.1 Å². The Hall–Kier alpha value is -1.98. The molecule has 3 heterocycles. The molecule has 0 aliphatic carbocycles. The maximum absolute atomic E-state index is 13.3. The molecule has 0 unspecified atom stereocenters. The maximum Gasteiger partial charge on any atom is 0.282 e. The number of carbonyl (C=O) groups excluding carboxylic acids is 1. The van der Waals surface area contributed by atoms with Gasteiger partial charge in [-0.1, -0.05) is 30.3 Å². The summed E-state index contributed by atoms with van der Waals surface area (Å²) >= 11 is 8.27. The first-order chi connectivity index (χ1) is 18.5. The van der Waals surface area contributed by atoms with Crippen molar-refractivity contribution in [3.8, 4) is 22.8 Å². The molecule has 2 aliphatic heterocycles. The molecule has 38 heavy (non-hydrogen) atoms. The first kappa shape index (κ1) is 27.6. The van der Waals surface area contributed by atoms with Crippen molar-refractivity contribution in [1.29, 1.82) is 0 Å². The Kier molecular flexibility index (Phi) is 9.37. The van der Waals surface area contributed by atoms with Crippen LogP contribution in [0.3, 0.4) is 0 Å². The number of halogens is 2. The molecule has 202 valence electrons. The number of aromatic nitrogens is 1. The van der Waals surface area contributed by atoms with Crippen LogP contribution in [0.5, 0.6) is 11.5 Å². The van der Waals surface area contributed by atoms with Gasteiger partial charge in [0.05, 0.1) is 23.4 Å². The molecule has 7 nitrogen and oxygen atoms in total. The molecule has 2 saturated heterocycles. The smallest absolute Gasteiger partial charge is 0.282 e. The van der Waals surface area contributed by atoms with Crippen molar-refractivity contribution in [2.24, 2.45) is 5.92 Å². The third-order valence-electron chi connectivity index (χ3n) is 7.14. The molecule has 1 amide bonds. The number of phenolic OH excluding ortho intramolecular Hbond substituents is 1. The zero-order valence-electron chi connectivity index (χ0n) is 21.1. The van der Waals surface area contributed by atoms with Crippen LogP contribution >= 0.6 is 43.2 Å². The van der Waals surface area contributed by atoms with E-state index in [1.54, 1.807) is 6.07 Å². The Morgan fingerprint density at radius 2 is 1.87 bits per heavy atom. The Morgan fingerprint density at radius 1 is 1.13 bits per heavy atom. The highest BCUT2D eigenvalue weighted by molar-refractivity contribution is 9.11. The number of thiazole rings is 1. The van der Waals surface area contributed by atoms with Gasteiger partial charge in [-0.3, -0.25) is 9.69 Å². The van der Waals surface area contributed by atoms with Gasteiger partial charge in [0.25, 0.3) is 5.91 Å². The predicted molar refractivity (Wildman–Crippen MR) is 156 cm³/mol. The van der Waals surface area contributed by atoms with Crippen molar-refractivity contribution in [1.82, 2.24) is 14.8 Å². The predicted octanol–water partition coefficient (Wildman–Crippen LogP) is 5.85. The number of ether oxygens (including phenoxy) is 2. The van der Waals surface area contributed by atoms with Crippen LogP contribution in [0.25, 0.3) is 11.3 Å². The van der Waals surface area contributed by atoms with Gasteiger partial charge in [0.1, 0.15) is 22.6 Å². The lowest BCUT2D eigenvalue weighted by Crippen LogP contribution is -2.38. The third-order valence-corrected chi connectivity index (χ3v) is 9.31. The van der Waals surface area contributed by atoms with E-state index < -0.39 is 0 Å². The van der Waals surface area contributed by atoms with E-state index >= 15 is 0 Å². The second kappa shape index (κ2) is 12.9. The summed E-state index contributed by atoms with van der Waals surface area (Å²) in [6, 6.07) is 12.4. The van der Waals surface area contributed by atoms with Crippen LogP contribution < -0.4 is 4.74 Å². The van der Waals surface area contributed by atoms with E-state index in [0.29, 0.717) is 37.9 Å². The average molecular weight is 665 g/mol. The third kappa shape index (κ3) is 6.59. The fourth-order valence-corrected chi connectivity index (χ4v) is 6.96. The zero-order valence-corrected chi connectivity index (χ0v) is 25.1. The van der Waals surface area contributed by atoms with Crippen molar-refractivity contribution in [2.75, 3.05) is 52.5 Å². The normalized spacial score (nSPS) is 17.1. The second-order valence-corrected chi connectivity index (χ2v) is 12.2. The van der Waals surface area contributed by atoms with Gasteiger partial charge in [0.15, 0.2) is 5.01 Å². The molecular formula is C28H31Br2N3O4S. The number of hydrogen-bond acceptors (Lipinski definition) is 7. The highest BCUT2D eigenvalue weighted by Crippen LogP contribution is 2.46. The summed E-state index contributed by atoms with van der Waals surface area (Å²) in [5.74, 6) is 1.16. The molecule has 2 aromatic carbocycles. The zero-order chi connectivity index (χ0) is 26.5. The van der Waals surface area contributed by atoms with Crippen LogP contribution in [0.1, 0.15) is 28.2 Å². The summed E-state index contributed by atoms with van der Waals surface area (Å²) in [6.07, 6.45) is 3.05. The molecular weight excluding hydrogens is 634 g/mol. The van der Waals surface area contributed by atoms with Crippen molar-refractivity contribution < 1.29 is 19.4 Å². The summed E-state index contributed by atoms with van der Waals surface area (Å²) in [5.41, 5.74) is 2.73. The van der Waals surface area contributed by atoms with Gasteiger partial charge in [0.2, 0.25) is 0 Å². The number of amides is 1. The molecule has 3 aromatic rings. The van der Waals surface area contributed by atoms with Gasteiger partial charge >= 0.3 is 0 Å². The minimum absolute atomic E-state index is 0.0221. The lowest BCUT2D eigenvalue weighted by Gasteiger charge is -2.31. The summed E-state index contributed by atoms with van der Waals surface area (Å²) in [5, 5.41) is 12.9. The molecule has 0 radical (unpaired) electrons. The number of piperidine rings is 1. The van der Waals surface area contributed by atoms with E-state index in [0.717, 1.165) is 70.8 Å². The fraction of sp³-hybridized carbons (Fsp3) is 0.429. The number of phenols is 1. The Morgan fingerprint density at radius 3 is 2.61 bits per heavy atom.